The number of nitrogens with zero attached hydrogens (tertiary/aromatic N) is 2. The second kappa shape index (κ2) is 7.10. The number of anilines is 1. The first-order valence-electron chi connectivity index (χ1n) is 8.73. The summed E-state index contributed by atoms with van der Waals surface area (Å²) in [5, 5.41) is 4.94. The summed E-state index contributed by atoms with van der Waals surface area (Å²) in [6, 6.07) is 0.782. The van der Waals surface area contributed by atoms with Crippen molar-refractivity contribution in [3.05, 3.63) is 10.6 Å². The quantitative estimate of drug-likeness (QED) is 0.862. The minimum atomic E-state index is 0.782. The Balaban J connectivity index is 1.69. The molecule has 118 valence electrons. The predicted octanol–water partition coefficient (Wildman–Crippen LogP) is 3.97. The van der Waals surface area contributed by atoms with Crippen LogP contribution in [0, 0.1) is 5.92 Å². The predicted molar refractivity (Wildman–Crippen MR) is 91.2 cm³/mol. The van der Waals surface area contributed by atoms with Crippen molar-refractivity contribution in [3.8, 4) is 0 Å². The third kappa shape index (κ3) is 4.19. The van der Waals surface area contributed by atoms with E-state index < -0.39 is 0 Å². The molecule has 1 N–H and O–H groups in total. The Labute approximate surface area is 133 Å². The van der Waals surface area contributed by atoms with Crippen molar-refractivity contribution in [2.75, 3.05) is 18.0 Å². The molecule has 4 heteroatoms. The SMILES string of the molecule is CCCc1nc(N2CCCC(C)CC2)sc1CNC1CC1. The third-order valence-electron chi connectivity index (χ3n) is 4.67. The van der Waals surface area contributed by atoms with Crippen LogP contribution in [0.2, 0.25) is 0 Å². The van der Waals surface area contributed by atoms with Crippen LogP contribution in [0.4, 0.5) is 5.13 Å². The van der Waals surface area contributed by atoms with E-state index >= 15 is 0 Å². The fourth-order valence-electron chi connectivity index (χ4n) is 3.05. The van der Waals surface area contributed by atoms with Gasteiger partial charge in [0.25, 0.3) is 0 Å². The normalized spacial score (nSPS) is 23.3. The average molecular weight is 308 g/mol. The second-order valence-corrected chi connectivity index (χ2v) is 7.86. The summed E-state index contributed by atoms with van der Waals surface area (Å²) in [4.78, 5) is 9.01. The van der Waals surface area contributed by atoms with Gasteiger partial charge in [-0.15, -0.1) is 11.3 Å². The molecule has 1 saturated carbocycles. The van der Waals surface area contributed by atoms with Crippen molar-refractivity contribution in [2.45, 2.75) is 71.4 Å². The zero-order valence-corrected chi connectivity index (χ0v) is 14.3. The Morgan fingerprint density at radius 1 is 1.24 bits per heavy atom. The lowest BCUT2D eigenvalue weighted by molar-refractivity contribution is 0.521. The van der Waals surface area contributed by atoms with Crippen LogP contribution in [0.15, 0.2) is 0 Å². The van der Waals surface area contributed by atoms with Crippen LogP contribution < -0.4 is 10.2 Å². The van der Waals surface area contributed by atoms with E-state index in [-0.39, 0.29) is 0 Å². The first-order chi connectivity index (χ1) is 10.3. The molecule has 0 radical (unpaired) electrons. The first-order valence-corrected chi connectivity index (χ1v) is 9.54. The van der Waals surface area contributed by atoms with E-state index in [1.807, 2.05) is 11.3 Å². The summed E-state index contributed by atoms with van der Waals surface area (Å²) in [5.41, 5.74) is 1.35. The molecular formula is C17H29N3S. The molecule has 21 heavy (non-hydrogen) atoms. The Bertz CT molecular complexity index is 453. The summed E-state index contributed by atoms with van der Waals surface area (Å²) < 4.78 is 0. The Hall–Kier alpha value is -0.610. The van der Waals surface area contributed by atoms with Crippen molar-refractivity contribution >= 4 is 16.5 Å². The third-order valence-corrected chi connectivity index (χ3v) is 5.83. The van der Waals surface area contributed by atoms with E-state index in [2.05, 4.69) is 24.1 Å². The van der Waals surface area contributed by atoms with Crippen LogP contribution in [-0.2, 0) is 13.0 Å². The molecule has 1 aliphatic heterocycles. The fourth-order valence-corrected chi connectivity index (χ4v) is 4.16. The topological polar surface area (TPSA) is 28.2 Å². The highest BCUT2D eigenvalue weighted by Gasteiger charge is 2.23. The molecule has 0 spiro atoms. The fraction of sp³-hybridized carbons (Fsp3) is 0.824. The summed E-state index contributed by atoms with van der Waals surface area (Å²) >= 11 is 1.94. The molecule has 3 nitrogen and oxygen atoms in total. The highest BCUT2D eigenvalue weighted by Crippen LogP contribution is 2.31. The lowest BCUT2D eigenvalue weighted by Gasteiger charge is -2.18. The van der Waals surface area contributed by atoms with Crippen LogP contribution >= 0.6 is 11.3 Å². The Morgan fingerprint density at radius 2 is 2.10 bits per heavy atom. The molecule has 3 rings (SSSR count). The van der Waals surface area contributed by atoms with E-state index in [0.29, 0.717) is 0 Å². The largest absolute Gasteiger partial charge is 0.348 e. The van der Waals surface area contributed by atoms with Gasteiger partial charge in [0.15, 0.2) is 5.13 Å². The zero-order valence-electron chi connectivity index (χ0n) is 13.5. The number of thiazole rings is 1. The molecule has 0 bridgehead atoms. The maximum atomic E-state index is 4.99. The van der Waals surface area contributed by atoms with Gasteiger partial charge in [-0.1, -0.05) is 20.3 Å². The zero-order chi connectivity index (χ0) is 14.7. The minimum absolute atomic E-state index is 0.782. The van der Waals surface area contributed by atoms with E-state index in [4.69, 9.17) is 4.98 Å². The first kappa shape index (κ1) is 15.3. The molecule has 2 fully saturated rings. The maximum Gasteiger partial charge on any atom is 0.185 e. The van der Waals surface area contributed by atoms with Crippen molar-refractivity contribution in [1.29, 1.82) is 0 Å². The molecule has 0 amide bonds. The molecular weight excluding hydrogens is 278 g/mol. The van der Waals surface area contributed by atoms with Crippen molar-refractivity contribution in [1.82, 2.24) is 10.3 Å². The lowest BCUT2D eigenvalue weighted by atomic mass is 10.0. The molecule has 1 saturated heterocycles. The number of nitrogens with one attached hydrogen (secondary N) is 1. The number of hydrogen-bond donors (Lipinski definition) is 1. The lowest BCUT2D eigenvalue weighted by Crippen LogP contribution is -2.23. The summed E-state index contributed by atoms with van der Waals surface area (Å²) in [7, 11) is 0. The molecule has 1 aromatic heterocycles. The molecule has 0 aromatic carbocycles. The van der Waals surface area contributed by atoms with Gasteiger partial charge in [-0.25, -0.2) is 4.98 Å². The molecule has 1 aliphatic carbocycles. The minimum Gasteiger partial charge on any atom is -0.348 e. The van der Waals surface area contributed by atoms with Crippen LogP contribution in [0.25, 0.3) is 0 Å². The number of aromatic nitrogens is 1. The van der Waals surface area contributed by atoms with Crippen LogP contribution in [0.1, 0.15) is 62.9 Å². The van der Waals surface area contributed by atoms with E-state index in [9.17, 15) is 0 Å². The number of aryl methyl sites for hydroxylation is 1. The van der Waals surface area contributed by atoms with Gasteiger partial charge in [-0.2, -0.15) is 0 Å². The van der Waals surface area contributed by atoms with Crippen LogP contribution in [0.5, 0.6) is 0 Å². The van der Waals surface area contributed by atoms with Crippen molar-refractivity contribution in [3.63, 3.8) is 0 Å². The van der Waals surface area contributed by atoms with Gasteiger partial charge < -0.3 is 10.2 Å². The van der Waals surface area contributed by atoms with E-state index in [1.54, 1.807) is 0 Å². The Morgan fingerprint density at radius 3 is 2.86 bits per heavy atom. The summed E-state index contributed by atoms with van der Waals surface area (Å²) in [5.74, 6) is 0.876. The van der Waals surface area contributed by atoms with Gasteiger partial charge in [0, 0.05) is 30.6 Å². The highest BCUT2D eigenvalue weighted by atomic mass is 32.1. The van der Waals surface area contributed by atoms with Gasteiger partial charge in [0.2, 0.25) is 0 Å². The number of hydrogen-bond acceptors (Lipinski definition) is 4. The molecule has 1 aromatic rings. The van der Waals surface area contributed by atoms with Gasteiger partial charge in [-0.3, -0.25) is 0 Å². The average Bonchev–Trinajstić information content (AvgIpc) is 3.25. The smallest absolute Gasteiger partial charge is 0.185 e. The molecule has 1 unspecified atom stereocenters. The molecule has 1 atom stereocenters. The van der Waals surface area contributed by atoms with Gasteiger partial charge in [-0.05, 0) is 44.4 Å². The molecule has 2 heterocycles. The van der Waals surface area contributed by atoms with Crippen LogP contribution in [0.3, 0.4) is 0 Å². The van der Waals surface area contributed by atoms with E-state index in [1.165, 1.54) is 67.3 Å². The van der Waals surface area contributed by atoms with E-state index in [0.717, 1.165) is 24.9 Å². The highest BCUT2D eigenvalue weighted by molar-refractivity contribution is 7.15. The maximum absolute atomic E-state index is 4.99. The van der Waals surface area contributed by atoms with Crippen molar-refractivity contribution < 1.29 is 0 Å². The van der Waals surface area contributed by atoms with Crippen LogP contribution in [-0.4, -0.2) is 24.1 Å². The molecule has 2 aliphatic rings. The monoisotopic (exact) mass is 307 g/mol. The van der Waals surface area contributed by atoms with Gasteiger partial charge >= 0.3 is 0 Å². The summed E-state index contributed by atoms with van der Waals surface area (Å²) in [6.07, 6.45) is 9.05. The van der Waals surface area contributed by atoms with Gasteiger partial charge in [0.05, 0.1) is 5.69 Å². The second-order valence-electron chi connectivity index (χ2n) is 6.79. The van der Waals surface area contributed by atoms with Crippen molar-refractivity contribution in [2.24, 2.45) is 5.92 Å². The number of rotatable bonds is 6. The Kier molecular flexibility index (Phi) is 5.17. The van der Waals surface area contributed by atoms with Gasteiger partial charge in [0.1, 0.15) is 0 Å². The summed E-state index contributed by atoms with van der Waals surface area (Å²) in [6.45, 7) is 8.06. The standard InChI is InChI=1S/C17H29N3S/c1-3-5-15-16(12-18-14-7-8-14)21-17(19-15)20-10-4-6-13(2)9-11-20/h13-14,18H,3-12H2,1-2H3.